The molecular formula is C23H25FNO2+. The Balaban J connectivity index is 2.02. The van der Waals surface area contributed by atoms with Crippen molar-refractivity contribution in [3.8, 4) is 22.6 Å². The van der Waals surface area contributed by atoms with Gasteiger partial charge < -0.3 is 14.4 Å². The highest BCUT2D eigenvalue weighted by Gasteiger charge is 2.17. The molecule has 0 aliphatic heterocycles. The van der Waals surface area contributed by atoms with E-state index in [4.69, 9.17) is 4.74 Å². The van der Waals surface area contributed by atoms with Crippen molar-refractivity contribution >= 4 is 11.4 Å². The van der Waals surface area contributed by atoms with Gasteiger partial charge >= 0.3 is 0 Å². The van der Waals surface area contributed by atoms with E-state index in [1.807, 2.05) is 70.5 Å². The van der Waals surface area contributed by atoms with E-state index in [0.29, 0.717) is 11.3 Å². The SMILES string of the molecule is COc1c(Nc2cc(C)cc(C)c2)ccc(-c2cccc([O+](C)C)c2)c1F. The molecule has 3 aromatic carbocycles. The lowest BCUT2D eigenvalue weighted by atomic mass is 10.0. The van der Waals surface area contributed by atoms with Gasteiger partial charge in [-0.05, 0) is 54.8 Å². The number of methoxy groups -OCH3 is 1. The van der Waals surface area contributed by atoms with Crippen LogP contribution in [0.2, 0.25) is 0 Å². The van der Waals surface area contributed by atoms with Crippen molar-refractivity contribution in [2.75, 3.05) is 26.6 Å². The van der Waals surface area contributed by atoms with Gasteiger partial charge in [0.15, 0.2) is 25.8 Å². The Bertz CT molecular complexity index is 946. The molecule has 1 N–H and O–H groups in total. The fourth-order valence-corrected chi connectivity index (χ4v) is 3.20. The predicted molar refractivity (Wildman–Crippen MR) is 110 cm³/mol. The maximum absolute atomic E-state index is 15.2. The smallest absolute Gasteiger partial charge is 0.255 e. The van der Waals surface area contributed by atoms with E-state index < -0.39 is 0 Å². The average Bonchev–Trinajstić information content (AvgIpc) is 2.61. The molecule has 3 rings (SSSR count). The largest absolute Gasteiger partial charge is 0.576 e. The Hall–Kier alpha value is -3.01. The first-order valence-electron chi connectivity index (χ1n) is 8.79. The van der Waals surface area contributed by atoms with Crippen LogP contribution in [0.15, 0.2) is 54.6 Å². The first-order chi connectivity index (χ1) is 12.9. The van der Waals surface area contributed by atoms with E-state index in [9.17, 15) is 0 Å². The topological polar surface area (TPSA) is 24.0 Å². The molecule has 0 atom stereocenters. The third-order valence-electron chi connectivity index (χ3n) is 4.42. The third kappa shape index (κ3) is 4.05. The van der Waals surface area contributed by atoms with Gasteiger partial charge in [0.1, 0.15) is 0 Å². The number of anilines is 2. The standard InChI is InChI=1S/C23H25FNO2/c1-15-11-16(2)13-18(12-15)25-21-10-9-20(22(24)23(21)26-3)17-7-6-8-19(14-17)27(4)5/h6-14,25H,1-5H3/q+1. The summed E-state index contributed by atoms with van der Waals surface area (Å²) >= 11 is 0. The Morgan fingerprint density at radius 2 is 1.63 bits per heavy atom. The van der Waals surface area contributed by atoms with Crippen molar-refractivity contribution in [3.05, 3.63) is 71.5 Å². The van der Waals surface area contributed by atoms with Crippen molar-refractivity contribution in [1.29, 1.82) is 0 Å². The minimum Gasteiger partial charge on any atom is -0.576 e. The highest BCUT2D eigenvalue weighted by atomic mass is 19.1. The maximum Gasteiger partial charge on any atom is 0.255 e. The number of ether oxygens (including phenoxy) is 1. The van der Waals surface area contributed by atoms with Crippen LogP contribution >= 0.6 is 0 Å². The summed E-state index contributed by atoms with van der Waals surface area (Å²) in [5, 5.41) is 3.28. The molecule has 0 saturated heterocycles. The van der Waals surface area contributed by atoms with Gasteiger partial charge in [-0.2, -0.15) is 0 Å². The summed E-state index contributed by atoms with van der Waals surface area (Å²) < 4.78 is 23.4. The molecule has 3 aromatic rings. The Morgan fingerprint density at radius 1 is 0.926 bits per heavy atom. The van der Waals surface area contributed by atoms with Crippen molar-refractivity contribution in [2.45, 2.75) is 13.8 Å². The average molecular weight is 366 g/mol. The quantitative estimate of drug-likeness (QED) is 0.529. The molecule has 0 aliphatic rings. The molecule has 0 unspecified atom stereocenters. The van der Waals surface area contributed by atoms with Gasteiger partial charge in [0, 0.05) is 23.4 Å². The Kier molecular flexibility index (Phi) is 5.36. The van der Waals surface area contributed by atoms with Gasteiger partial charge in [0.05, 0.1) is 12.8 Å². The van der Waals surface area contributed by atoms with Crippen LogP contribution in [-0.4, -0.2) is 21.3 Å². The van der Waals surface area contributed by atoms with Crippen LogP contribution < -0.4 is 10.1 Å². The highest BCUT2D eigenvalue weighted by molar-refractivity contribution is 5.75. The number of hydrogen-bond donors (Lipinski definition) is 1. The number of halogens is 1. The minimum absolute atomic E-state index is 0.203. The summed E-state index contributed by atoms with van der Waals surface area (Å²) in [6.07, 6.45) is 0. The van der Waals surface area contributed by atoms with Crippen LogP contribution in [0.3, 0.4) is 0 Å². The van der Waals surface area contributed by atoms with Crippen LogP contribution in [0.25, 0.3) is 11.1 Å². The fourth-order valence-electron chi connectivity index (χ4n) is 3.20. The molecule has 0 fully saturated rings. The first-order valence-corrected chi connectivity index (χ1v) is 8.79. The second-order valence-corrected chi connectivity index (χ2v) is 6.85. The Morgan fingerprint density at radius 3 is 2.26 bits per heavy atom. The first kappa shape index (κ1) is 18.8. The zero-order chi connectivity index (χ0) is 19.6. The molecule has 0 radical (unpaired) electrons. The van der Waals surface area contributed by atoms with E-state index in [-0.39, 0.29) is 11.6 Å². The van der Waals surface area contributed by atoms with Crippen LogP contribution in [0.4, 0.5) is 15.8 Å². The van der Waals surface area contributed by atoms with Crippen molar-refractivity contribution < 1.29 is 13.5 Å². The van der Waals surface area contributed by atoms with Crippen LogP contribution in [0.1, 0.15) is 11.1 Å². The van der Waals surface area contributed by atoms with E-state index in [2.05, 4.69) is 15.8 Å². The van der Waals surface area contributed by atoms with E-state index in [1.165, 1.54) is 7.11 Å². The van der Waals surface area contributed by atoms with Gasteiger partial charge in [-0.3, -0.25) is 0 Å². The molecule has 0 saturated carbocycles. The summed E-state index contributed by atoms with van der Waals surface area (Å²) in [6.45, 7) is 4.07. The normalized spacial score (nSPS) is 10.6. The summed E-state index contributed by atoms with van der Waals surface area (Å²) in [5.41, 5.74) is 5.09. The second kappa shape index (κ2) is 7.70. The third-order valence-corrected chi connectivity index (χ3v) is 4.42. The molecule has 3 nitrogen and oxygen atoms in total. The summed E-state index contributed by atoms with van der Waals surface area (Å²) in [5.74, 6) is 0.755. The predicted octanol–water partition coefficient (Wildman–Crippen LogP) is 6.39. The lowest BCUT2D eigenvalue weighted by Gasteiger charge is -2.16. The summed E-state index contributed by atoms with van der Waals surface area (Å²) in [6, 6.07) is 17.5. The summed E-state index contributed by atoms with van der Waals surface area (Å²) in [4.78, 5) is 0. The van der Waals surface area contributed by atoms with E-state index >= 15 is 4.39 Å². The molecular weight excluding hydrogens is 341 g/mol. The maximum atomic E-state index is 15.2. The number of aryl methyl sites for hydroxylation is 2. The number of rotatable bonds is 5. The molecule has 140 valence electrons. The highest BCUT2D eigenvalue weighted by Crippen LogP contribution is 2.38. The molecule has 0 spiro atoms. The molecule has 27 heavy (non-hydrogen) atoms. The van der Waals surface area contributed by atoms with Crippen molar-refractivity contribution in [2.24, 2.45) is 0 Å². The van der Waals surface area contributed by atoms with E-state index in [1.54, 1.807) is 6.07 Å². The molecule has 0 aromatic heterocycles. The van der Waals surface area contributed by atoms with E-state index in [0.717, 1.165) is 28.1 Å². The summed E-state index contributed by atoms with van der Waals surface area (Å²) in [7, 11) is 5.25. The zero-order valence-corrected chi connectivity index (χ0v) is 16.4. The fraction of sp³-hybridized carbons (Fsp3) is 0.217. The molecule has 0 amide bonds. The lowest BCUT2D eigenvalue weighted by molar-refractivity contribution is 0.0494. The zero-order valence-electron chi connectivity index (χ0n) is 16.4. The van der Waals surface area contributed by atoms with Gasteiger partial charge in [-0.1, -0.05) is 18.2 Å². The number of hydrogen-bond acceptors (Lipinski definition) is 2. The molecule has 0 heterocycles. The van der Waals surface area contributed by atoms with Crippen molar-refractivity contribution in [1.82, 2.24) is 0 Å². The Labute approximate surface area is 160 Å². The van der Waals surface area contributed by atoms with Crippen LogP contribution in [0, 0.1) is 19.7 Å². The van der Waals surface area contributed by atoms with Gasteiger partial charge in [0.2, 0.25) is 0 Å². The van der Waals surface area contributed by atoms with Gasteiger partial charge in [0.25, 0.3) is 5.75 Å². The monoisotopic (exact) mass is 366 g/mol. The molecule has 4 heteroatoms. The van der Waals surface area contributed by atoms with Gasteiger partial charge in [-0.25, -0.2) is 4.39 Å². The molecule has 0 aliphatic carbocycles. The van der Waals surface area contributed by atoms with Gasteiger partial charge in [-0.15, -0.1) is 0 Å². The second-order valence-electron chi connectivity index (χ2n) is 6.85. The van der Waals surface area contributed by atoms with Crippen LogP contribution in [-0.2, 0) is 4.37 Å². The molecule has 0 bridgehead atoms. The number of benzene rings is 3. The lowest BCUT2D eigenvalue weighted by Crippen LogP contribution is -1.99. The van der Waals surface area contributed by atoms with Crippen molar-refractivity contribution in [3.63, 3.8) is 0 Å². The van der Waals surface area contributed by atoms with Crippen LogP contribution in [0.5, 0.6) is 11.5 Å². The number of nitrogens with one attached hydrogen (secondary N) is 1. The minimum atomic E-state index is -0.382.